The number of hydrogen-bond acceptors (Lipinski definition) is 3. The normalized spacial score (nSPS) is 10.6. The number of halogens is 2. The molecule has 1 amide bonds. The number of carbonyl (C=O) groups excluding carboxylic acids is 1. The second kappa shape index (κ2) is 7.95. The van der Waals surface area contributed by atoms with Gasteiger partial charge in [0.25, 0.3) is 5.91 Å². The van der Waals surface area contributed by atoms with Gasteiger partial charge in [0, 0.05) is 21.7 Å². The summed E-state index contributed by atoms with van der Waals surface area (Å²) in [7, 11) is 1.62. The largest absolute Gasteiger partial charge is 0.467 e. The zero-order valence-electron chi connectivity index (χ0n) is 11.5. The number of methoxy groups -OCH3 is 1. The van der Waals surface area contributed by atoms with Crippen molar-refractivity contribution in [2.75, 3.05) is 20.3 Å². The van der Waals surface area contributed by atoms with Crippen molar-refractivity contribution in [1.29, 1.82) is 0 Å². The Morgan fingerprint density at radius 2 is 2.24 bits per heavy atom. The Morgan fingerprint density at radius 3 is 2.90 bits per heavy atom. The van der Waals surface area contributed by atoms with Gasteiger partial charge in [-0.1, -0.05) is 15.9 Å². The lowest BCUT2D eigenvalue weighted by Crippen LogP contribution is -2.33. The van der Waals surface area contributed by atoms with Crippen LogP contribution in [-0.4, -0.2) is 31.1 Å². The van der Waals surface area contributed by atoms with Gasteiger partial charge in [-0.15, -0.1) is 0 Å². The summed E-state index contributed by atoms with van der Waals surface area (Å²) in [5, 5.41) is 0. The smallest absolute Gasteiger partial charge is 0.255 e. The molecule has 0 fully saturated rings. The molecule has 0 atom stereocenters. The van der Waals surface area contributed by atoms with E-state index in [2.05, 4.69) is 38.5 Å². The first-order valence-corrected chi connectivity index (χ1v) is 8.24. The fraction of sp³-hybridized carbons (Fsp3) is 0.267. The predicted molar refractivity (Wildman–Crippen MR) is 92.2 cm³/mol. The van der Waals surface area contributed by atoms with Crippen LogP contribution in [0.25, 0.3) is 0 Å². The summed E-state index contributed by atoms with van der Waals surface area (Å²) in [5.41, 5.74) is 0.674. The Labute approximate surface area is 145 Å². The molecule has 0 radical (unpaired) electrons. The number of ether oxygens (including phenoxy) is 1. The molecule has 21 heavy (non-hydrogen) atoms. The first kappa shape index (κ1) is 16.5. The van der Waals surface area contributed by atoms with Crippen LogP contribution < -0.4 is 0 Å². The molecule has 6 heteroatoms. The Kier molecular flexibility index (Phi) is 6.25. The van der Waals surface area contributed by atoms with Crippen LogP contribution in [0.1, 0.15) is 16.1 Å². The molecule has 0 unspecified atom stereocenters. The minimum absolute atomic E-state index is 0.0332. The third-order valence-corrected chi connectivity index (χ3v) is 4.37. The number of carbonyl (C=O) groups is 1. The van der Waals surface area contributed by atoms with Gasteiger partial charge >= 0.3 is 0 Å². The Bertz CT molecular complexity index is 601. The lowest BCUT2D eigenvalue weighted by Gasteiger charge is -2.22. The number of furan rings is 1. The van der Waals surface area contributed by atoms with Gasteiger partial charge < -0.3 is 14.1 Å². The molecular formula is C15H15BrINO3. The lowest BCUT2D eigenvalue weighted by molar-refractivity contribution is 0.0665. The number of amides is 1. The van der Waals surface area contributed by atoms with Crippen LogP contribution in [0.5, 0.6) is 0 Å². The van der Waals surface area contributed by atoms with Gasteiger partial charge in [0.2, 0.25) is 0 Å². The number of rotatable bonds is 6. The second-order valence-corrected chi connectivity index (χ2v) is 6.50. The SMILES string of the molecule is COCCN(Cc1ccco1)C(=O)c1cc(Br)ccc1I. The van der Waals surface area contributed by atoms with Crippen molar-refractivity contribution >= 4 is 44.4 Å². The maximum absolute atomic E-state index is 12.8. The van der Waals surface area contributed by atoms with Crippen LogP contribution >= 0.6 is 38.5 Å². The molecule has 0 aliphatic carbocycles. The molecular weight excluding hydrogens is 449 g/mol. The third kappa shape index (κ3) is 4.55. The number of nitrogens with zero attached hydrogens (tertiary/aromatic N) is 1. The Hall–Kier alpha value is -0.860. The summed E-state index contributed by atoms with van der Waals surface area (Å²) >= 11 is 5.58. The van der Waals surface area contributed by atoms with Gasteiger partial charge in [-0.25, -0.2) is 0 Å². The lowest BCUT2D eigenvalue weighted by atomic mass is 10.2. The molecule has 1 aromatic heterocycles. The van der Waals surface area contributed by atoms with Crippen molar-refractivity contribution in [3.63, 3.8) is 0 Å². The van der Waals surface area contributed by atoms with Crippen molar-refractivity contribution in [2.24, 2.45) is 0 Å². The Morgan fingerprint density at radius 1 is 1.43 bits per heavy atom. The van der Waals surface area contributed by atoms with Crippen molar-refractivity contribution < 1.29 is 13.9 Å². The molecule has 2 rings (SSSR count). The van der Waals surface area contributed by atoms with E-state index >= 15 is 0 Å². The van der Waals surface area contributed by atoms with E-state index in [0.29, 0.717) is 25.3 Å². The van der Waals surface area contributed by atoms with Gasteiger partial charge in [0.05, 0.1) is 25.0 Å². The topological polar surface area (TPSA) is 42.7 Å². The van der Waals surface area contributed by atoms with Crippen LogP contribution in [-0.2, 0) is 11.3 Å². The predicted octanol–water partition coefficient (Wildman–Crippen LogP) is 3.94. The average Bonchev–Trinajstić information content (AvgIpc) is 2.98. The molecule has 0 aliphatic rings. The van der Waals surface area contributed by atoms with Crippen LogP contribution in [0, 0.1) is 3.57 Å². The van der Waals surface area contributed by atoms with Crippen LogP contribution in [0.4, 0.5) is 0 Å². The molecule has 4 nitrogen and oxygen atoms in total. The summed E-state index contributed by atoms with van der Waals surface area (Å²) in [6.07, 6.45) is 1.61. The first-order chi connectivity index (χ1) is 10.1. The zero-order chi connectivity index (χ0) is 15.2. The van der Waals surface area contributed by atoms with Gasteiger partial charge in [-0.2, -0.15) is 0 Å². The zero-order valence-corrected chi connectivity index (χ0v) is 15.3. The maximum Gasteiger partial charge on any atom is 0.255 e. The van der Waals surface area contributed by atoms with Crippen molar-refractivity contribution in [3.8, 4) is 0 Å². The minimum atomic E-state index is -0.0332. The highest BCUT2D eigenvalue weighted by Crippen LogP contribution is 2.21. The van der Waals surface area contributed by atoms with Gasteiger partial charge in [0.15, 0.2) is 0 Å². The van der Waals surface area contributed by atoms with E-state index in [4.69, 9.17) is 9.15 Å². The van der Waals surface area contributed by atoms with Gasteiger partial charge in [-0.05, 0) is 52.9 Å². The van der Waals surface area contributed by atoms with E-state index in [9.17, 15) is 4.79 Å². The summed E-state index contributed by atoms with van der Waals surface area (Å²) in [6, 6.07) is 9.35. The van der Waals surface area contributed by atoms with E-state index in [0.717, 1.165) is 13.8 Å². The first-order valence-electron chi connectivity index (χ1n) is 6.37. The highest BCUT2D eigenvalue weighted by atomic mass is 127. The number of benzene rings is 1. The van der Waals surface area contributed by atoms with Crippen LogP contribution in [0.3, 0.4) is 0 Å². The summed E-state index contributed by atoms with van der Waals surface area (Å²) in [4.78, 5) is 14.5. The fourth-order valence-corrected chi connectivity index (χ4v) is 2.80. The van der Waals surface area contributed by atoms with Crippen molar-refractivity contribution in [1.82, 2.24) is 4.90 Å². The molecule has 0 saturated carbocycles. The second-order valence-electron chi connectivity index (χ2n) is 4.42. The summed E-state index contributed by atoms with van der Waals surface area (Å²) < 4.78 is 12.2. The van der Waals surface area contributed by atoms with Crippen LogP contribution in [0.15, 0.2) is 45.5 Å². The van der Waals surface area contributed by atoms with Gasteiger partial charge in [0.1, 0.15) is 5.76 Å². The summed E-state index contributed by atoms with van der Waals surface area (Å²) in [6.45, 7) is 1.42. The standard InChI is InChI=1S/C15H15BrINO3/c1-20-8-6-18(10-12-3-2-7-21-12)15(19)13-9-11(16)4-5-14(13)17/h2-5,7,9H,6,8,10H2,1H3. The molecule has 112 valence electrons. The van der Waals surface area contributed by atoms with E-state index in [1.807, 2.05) is 30.3 Å². The van der Waals surface area contributed by atoms with E-state index in [1.54, 1.807) is 18.3 Å². The highest BCUT2D eigenvalue weighted by Gasteiger charge is 2.19. The maximum atomic E-state index is 12.8. The molecule has 0 spiro atoms. The quantitative estimate of drug-likeness (QED) is 0.609. The fourth-order valence-electron chi connectivity index (χ4n) is 1.88. The monoisotopic (exact) mass is 463 g/mol. The highest BCUT2D eigenvalue weighted by molar-refractivity contribution is 14.1. The third-order valence-electron chi connectivity index (χ3n) is 2.94. The van der Waals surface area contributed by atoms with E-state index < -0.39 is 0 Å². The molecule has 1 aromatic carbocycles. The minimum Gasteiger partial charge on any atom is -0.467 e. The molecule has 0 bridgehead atoms. The average molecular weight is 464 g/mol. The molecule has 0 aliphatic heterocycles. The van der Waals surface area contributed by atoms with E-state index in [1.165, 1.54) is 0 Å². The summed E-state index contributed by atoms with van der Waals surface area (Å²) in [5.74, 6) is 0.721. The van der Waals surface area contributed by atoms with Gasteiger partial charge in [-0.3, -0.25) is 4.79 Å². The van der Waals surface area contributed by atoms with Crippen molar-refractivity contribution in [3.05, 3.63) is 56.0 Å². The van der Waals surface area contributed by atoms with E-state index in [-0.39, 0.29) is 5.91 Å². The number of hydrogen-bond donors (Lipinski definition) is 0. The molecule has 0 saturated heterocycles. The van der Waals surface area contributed by atoms with Crippen LogP contribution in [0.2, 0.25) is 0 Å². The Balaban J connectivity index is 2.22. The van der Waals surface area contributed by atoms with Crippen molar-refractivity contribution in [2.45, 2.75) is 6.54 Å². The molecule has 1 heterocycles. The molecule has 0 N–H and O–H groups in total. The molecule has 2 aromatic rings.